The van der Waals surface area contributed by atoms with Gasteiger partial charge in [0.2, 0.25) is 5.89 Å². The van der Waals surface area contributed by atoms with E-state index in [0.29, 0.717) is 17.8 Å². The van der Waals surface area contributed by atoms with Crippen LogP contribution in [-0.4, -0.2) is 56.2 Å². The Morgan fingerprint density at radius 1 is 1.36 bits per heavy atom. The van der Waals surface area contributed by atoms with Gasteiger partial charge < -0.3 is 9.09 Å². The second kappa shape index (κ2) is 6.18. The van der Waals surface area contributed by atoms with Crippen LogP contribution in [0.3, 0.4) is 0 Å². The van der Waals surface area contributed by atoms with Crippen LogP contribution in [0.25, 0.3) is 0 Å². The second-order valence-electron chi connectivity index (χ2n) is 6.26. The molecule has 1 aliphatic rings. The molecule has 2 aromatic rings. The van der Waals surface area contributed by atoms with Gasteiger partial charge in [0, 0.05) is 38.1 Å². The highest BCUT2D eigenvalue weighted by molar-refractivity contribution is 4.99. The van der Waals surface area contributed by atoms with Gasteiger partial charge in [0.15, 0.2) is 5.82 Å². The lowest BCUT2D eigenvalue weighted by atomic mass is 10.1. The van der Waals surface area contributed by atoms with Crippen LogP contribution >= 0.6 is 0 Å². The van der Waals surface area contributed by atoms with E-state index in [9.17, 15) is 0 Å². The summed E-state index contributed by atoms with van der Waals surface area (Å²) >= 11 is 0. The van der Waals surface area contributed by atoms with Gasteiger partial charge in [-0.1, -0.05) is 5.16 Å². The lowest BCUT2D eigenvalue weighted by Gasteiger charge is -2.37. The van der Waals surface area contributed by atoms with Gasteiger partial charge in [0.1, 0.15) is 11.9 Å². The van der Waals surface area contributed by atoms with Gasteiger partial charge in [-0.2, -0.15) is 4.98 Å². The van der Waals surface area contributed by atoms with Crippen LogP contribution in [0.2, 0.25) is 0 Å². The molecule has 7 nitrogen and oxygen atoms in total. The van der Waals surface area contributed by atoms with Gasteiger partial charge in [-0.05, 0) is 27.8 Å². The Bertz CT molecular complexity index is 619. The Morgan fingerprint density at radius 3 is 2.86 bits per heavy atom. The SMILES string of the molecule is Cc1noc(C2CN(Cc3nccn3C(C)C)CCN2C)n1. The van der Waals surface area contributed by atoms with E-state index < -0.39 is 0 Å². The molecule has 0 spiro atoms. The zero-order valence-electron chi connectivity index (χ0n) is 13.7. The molecule has 3 heterocycles. The van der Waals surface area contributed by atoms with Gasteiger partial charge in [0.05, 0.1) is 6.54 Å². The van der Waals surface area contributed by atoms with E-state index in [1.807, 2.05) is 13.1 Å². The maximum absolute atomic E-state index is 5.37. The lowest BCUT2D eigenvalue weighted by molar-refractivity contribution is 0.0690. The summed E-state index contributed by atoms with van der Waals surface area (Å²) in [6, 6.07) is 0.580. The van der Waals surface area contributed by atoms with Crippen LogP contribution in [-0.2, 0) is 6.54 Å². The highest BCUT2D eigenvalue weighted by atomic mass is 16.5. The van der Waals surface area contributed by atoms with Crippen LogP contribution in [0.4, 0.5) is 0 Å². The molecule has 1 unspecified atom stereocenters. The average Bonchev–Trinajstić information content (AvgIpc) is 3.10. The summed E-state index contributed by atoms with van der Waals surface area (Å²) in [6.07, 6.45) is 3.93. The van der Waals surface area contributed by atoms with E-state index in [1.165, 1.54) is 0 Å². The molecular formula is C15H24N6O. The molecule has 0 saturated carbocycles. The molecule has 1 saturated heterocycles. The van der Waals surface area contributed by atoms with Gasteiger partial charge in [0.25, 0.3) is 0 Å². The van der Waals surface area contributed by atoms with E-state index >= 15 is 0 Å². The Hall–Kier alpha value is -1.73. The molecule has 120 valence electrons. The lowest BCUT2D eigenvalue weighted by Crippen LogP contribution is -2.46. The van der Waals surface area contributed by atoms with Crippen molar-refractivity contribution in [3.63, 3.8) is 0 Å². The molecule has 1 aliphatic heterocycles. The van der Waals surface area contributed by atoms with Crippen molar-refractivity contribution in [2.45, 2.75) is 39.4 Å². The van der Waals surface area contributed by atoms with Crippen molar-refractivity contribution >= 4 is 0 Å². The molecule has 3 rings (SSSR count). The van der Waals surface area contributed by atoms with Gasteiger partial charge in [-0.3, -0.25) is 9.80 Å². The molecule has 7 heteroatoms. The summed E-state index contributed by atoms with van der Waals surface area (Å²) in [4.78, 5) is 13.6. The van der Waals surface area contributed by atoms with E-state index in [1.54, 1.807) is 0 Å². The van der Waals surface area contributed by atoms with Crippen LogP contribution < -0.4 is 0 Å². The molecule has 0 aromatic carbocycles. The first-order valence-electron chi connectivity index (χ1n) is 7.79. The van der Waals surface area contributed by atoms with Crippen molar-refractivity contribution in [1.82, 2.24) is 29.5 Å². The van der Waals surface area contributed by atoms with E-state index in [0.717, 1.165) is 32.0 Å². The van der Waals surface area contributed by atoms with Crippen molar-refractivity contribution in [2.24, 2.45) is 0 Å². The number of piperazine rings is 1. The summed E-state index contributed by atoms with van der Waals surface area (Å²) in [5.74, 6) is 2.51. The molecule has 0 aliphatic carbocycles. The molecule has 0 radical (unpaired) electrons. The zero-order chi connectivity index (χ0) is 15.7. The number of likely N-dealkylation sites (N-methyl/N-ethyl adjacent to an activating group) is 1. The molecule has 0 bridgehead atoms. The Kier molecular flexibility index (Phi) is 4.26. The fourth-order valence-corrected chi connectivity index (χ4v) is 2.93. The van der Waals surface area contributed by atoms with Crippen LogP contribution in [0.1, 0.15) is 43.5 Å². The standard InChI is InChI=1S/C15H24N6O/c1-11(2)21-6-5-16-14(21)10-20-8-7-19(4)13(9-20)15-17-12(3)18-22-15/h5-6,11,13H,7-10H2,1-4H3. The van der Waals surface area contributed by atoms with Crippen LogP contribution in [0, 0.1) is 6.92 Å². The Balaban J connectivity index is 1.72. The zero-order valence-corrected chi connectivity index (χ0v) is 13.7. The quantitative estimate of drug-likeness (QED) is 0.856. The normalized spacial score (nSPS) is 20.9. The molecule has 22 heavy (non-hydrogen) atoms. The number of hydrogen-bond acceptors (Lipinski definition) is 6. The van der Waals surface area contributed by atoms with Crippen molar-refractivity contribution in [3.8, 4) is 0 Å². The first-order valence-corrected chi connectivity index (χ1v) is 7.79. The molecule has 1 fully saturated rings. The van der Waals surface area contributed by atoms with Gasteiger partial charge >= 0.3 is 0 Å². The maximum Gasteiger partial charge on any atom is 0.245 e. The van der Waals surface area contributed by atoms with E-state index in [-0.39, 0.29) is 6.04 Å². The largest absolute Gasteiger partial charge is 0.338 e. The number of aryl methyl sites for hydroxylation is 1. The van der Waals surface area contributed by atoms with Crippen molar-refractivity contribution in [3.05, 3.63) is 29.9 Å². The third kappa shape index (κ3) is 3.05. The van der Waals surface area contributed by atoms with Gasteiger partial charge in [-0.15, -0.1) is 0 Å². The van der Waals surface area contributed by atoms with E-state index in [4.69, 9.17) is 4.52 Å². The minimum absolute atomic E-state index is 0.150. The first kappa shape index (κ1) is 15.2. The fraction of sp³-hybridized carbons (Fsp3) is 0.667. The molecule has 0 amide bonds. The fourth-order valence-electron chi connectivity index (χ4n) is 2.93. The second-order valence-corrected chi connectivity index (χ2v) is 6.26. The number of rotatable bonds is 4. The van der Waals surface area contributed by atoms with Crippen molar-refractivity contribution in [1.29, 1.82) is 0 Å². The Labute approximate surface area is 130 Å². The highest BCUT2D eigenvalue weighted by Gasteiger charge is 2.30. The summed E-state index contributed by atoms with van der Waals surface area (Å²) in [6.45, 7) is 9.94. The summed E-state index contributed by atoms with van der Waals surface area (Å²) in [7, 11) is 2.11. The minimum Gasteiger partial charge on any atom is -0.338 e. The van der Waals surface area contributed by atoms with Gasteiger partial charge in [-0.25, -0.2) is 4.98 Å². The monoisotopic (exact) mass is 304 g/mol. The minimum atomic E-state index is 0.150. The van der Waals surface area contributed by atoms with Crippen molar-refractivity contribution < 1.29 is 4.52 Å². The average molecular weight is 304 g/mol. The predicted molar refractivity (Wildman–Crippen MR) is 82.3 cm³/mol. The van der Waals surface area contributed by atoms with Crippen molar-refractivity contribution in [2.75, 3.05) is 26.7 Å². The highest BCUT2D eigenvalue weighted by Crippen LogP contribution is 2.23. The third-order valence-corrected chi connectivity index (χ3v) is 4.23. The Morgan fingerprint density at radius 2 is 2.18 bits per heavy atom. The summed E-state index contributed by atoms with van der Waals surface area (Å²) in [5.41, 5.74) is 0. The first-order chi connectivity index (χ1) is 10.5. The van der Waals surface area contributed by atoms with E-state index in [2.05, 4.69) is 56.6 Å². The summed E-state index contributed by atoms with van der Waals surface area (Å²) < 4.78 is 7.60. The number of aromatic nitrogens is 4. The van der Waals surface area contributed by atoms with Crippen LogP contribution in [0.15, 0.2) is 16.9 Å². The van der Waals surface area contributed by atoms with Crippen LogP contribution in [0.5, 0.6) is 0 Å². The maximum atomic E-state index is 5.37. The predicted octanol–water partition coefficient (Wildman–Crippen LogP) is 1.64. The molecule has 0 N–H and O–H groups in total. The third-order valence-electron chi connectivity index (χ3n) is 4.23. The molecule has 2 aromatic heterocycles. The topological polar surface area (TPSA) is 63.2 Å². The number of nitrogens with zero attached hydrogens (tertiary/aromatic N) is 6. The summed E-state index contributed by atoms with van der Waals surface area (Å²) in [5, 5.41) is 3.92. The molecule has 1 atom stereocenters. The smallest absolute Gasteiger partial charge is 0.245 e. The number of hydrogen-bond donors (Lipinski definition) is 0. The molecular weight excluding hydrogens is 280 g/mol. The number of imidazole rings is 1.